The zero-order valence-corrected chi connectivity index (χ0v) is 7.70. The van der Waals surface area contributed by atoms with E-state index in [-0.39, 0.29) is 5.92 Å². The van der Waals surface area contributed by atoms with Crippen molar-refractivity contribution in [1.29, 1.82) is 0 Å². The first-order valence-corrected chi connectivity index (χ1v) is 4.78. The van der Waals surface area contributed by atoms with E-state index in [0.29, 0.717) is 0 Å². The molecule has 2 fully saturated rings. The van der Waals surface area contributed by atoms with Crippen LogP contribution in [0.1, 0.15) is 32.1 Å². The van der Waals surface area contributed by atoms with Crippen molar-refractivity contribution in [2.75, 3.05) is 13.2 Å². The molecule has 2 aliphatic rings. The Kier molecular flexibility index (Phi) is 4.78. The average molecular weight is 188 g/mol. The van der Waals surface area contributed by atoms with Crippen LogP contribution in [0.2, 0.25) is 0 Å². The minimum atomic E-state index is -0.602. The van der Waals surface area contributed by atoms with E-state index in [9.17, 15) is 4.79 Å². The van der Waals surface area contributed by atoms with Crippen molar-refractivity contribution in [2.24, 2.45) is 5.92 Å². The predicted molar refractivity (Wildman–Crippen MR) is 46.1 cm³/mol. The van der Waals surface area contributed by atoms with Gasteiger partial charge >= 0.3 is 5.97 Å². The van der Waals surface area contributed by atoms with Crippen molar-refractivity contribution in [2.45, 2.75) is 32.1 Å². The quantitative estimate of drug-likeness (QED) is 0.635. The monoisotopic (exact) mass is 188 g/mol. The molecule has 0 aromatic heterocycles. The van der Waals surface area contributed by atoms with Crippen molar-refractivity contribution in [3.63, 3.8) is 0 Å². The molecule has 0 amide bonds. The molecule has 2 rings (SSSR count). The summed E-state index contributed by atoms with van der Waals surface area (Å²) in [7, 11) is 0. The Morgan fingerprint density at radius 2 is 1.54 bits per heavy atom. The number of carboxylic acids is 1. The van der Waals surface area contributed by atoms with Gasteiger partial charge in [-0.05, 0) is 12.8 Å². The number of carboxylic acid groups (broad SMARTS) is 1. The van der Waals surface area contributed by atoms with E-state index in [1.807, 2.05) is 0 Å². The Labute approximate surface area is 77.8 Å². The minimum absolute atomic E-state index is 0.0289. The maximum absolute atomic E-state index is 10.4. The molecule has 0 aromatic rings. The first-order valence-electron chi connectivity index (χ1n) is 4.78. The molecule has 0 spiro atoms. The lowest BCUT2D eigenvalue weighted by molar-refractivity contribution is -0.382. The van der Waals surface area contributed by atoms with Crippen LogP contribution in [0.25, 0.3) is 0 Å². The molecule has 0 aromatic carbocycles. The van der Waals surface area contributed by atoms with Crippen LogP contribution < -0.4 is 0 Å². The normalized spacial score (nSPS) is 22.5. The lowest BCUT2D eigenvalue weighted by atomic mass is 9.90. The van der Waals surface area contributed by atoms with Crippen molar-refractivity contribution in [1.82, 2.24) is 0 Å². The van der Waals surface area contributed by atoms with Gasteiger partial charge in [0.15, 0.2) is 0 Å². The summed E-state index contributed by atoms with van der Waals surface area (Å²) < 4.78 is 0. The van der Waals surface area contributed by atoms with Crippen LogP contribution in [0.3, 0.4) is 0 Å². The third-order valence-electron chi connectivity index (χ3n) is 2.29. The highest BCUT2D eigenvalue weighted by molar-refractivity contribution is 5.69. The highest BCUT2D eigenvalue weighted by Crippen LogP contribution is 2.23. The van der Waals surface area contributed by atoms with Gasteiger partial charge in [0.1, 0.15) is 13.2 Å². The molecule has 4 heteroatoms. The topological polar surface area (TPSA) is 55.8 Å². The van der Waals surface area contributed by atoms with Crippen LogP contribution in [-0.2, 0) is 14.6 Å². The second-order valence-electron chi connectivity index (χ2n) is 3.32. The molecule has 0 radical (unpaired) electrons. The van der Waals surface area contributed by atoms with Gasteiger partial charge in [-0.25, -0.2) is 9.78 Å². The van der Waals surface area contributed by atoms with Gasteiger partial charge in [-0.3, -0.25) is 4.79 Å². The smallest absolute Gasteiger partial charge is 0.306 e. The van der Waals surface area contributed by atoms with Gasteiger partial charge in [0.25, 0.3) is 0 Å². The summed E-state index contributed by atoms with van der Waals surface area (Å²) in [5.41, 5.74) is 0. The Morgan fingerprint density at radius 1 is 1.08 bits per heavy atom. The van der Waals surface area contributed by atoms with Crippen LogP contribution in [0.5, 0.6) is 0 Å². The van der Waals surface area contributed by atoms with Crippen LogP contribution in [0.15, 0.2) is 0 Å². The van der Waals surface area contributed by atoms with Crippen LogP contribution in [0.4, 0.5) is 0 Å². The molecule has 0 bridgehead atoms. The molecular weight excluding hydrogens is 172 g/mol. The molecule has 0 unspecified atom stereocenters. The highest BCUT2D eigenvalue weighted by atomic mass is 17.2. The molecule has 13 heavy (non-hydrogen) atoms. The first-order chi connectivity index (χ1) is 6.30. The van der Waals surface area contributed by atoms with Crippen molar-refractivity contribution in [3.05, 3.63) is 0 Å². The van der Waals surface area contributed by atoms with Gasteiger partial charge in [-0.15, -0.1) is 0 Å². The SMILES string of the molecule is C1COO1.O=C(O)C1CCCCC1. The van der Waals surface area contributed by atoms with E-state index < -0.39 is 5.97 Å². The number of hydrogen-bond donors (Lipinski definition) is 1. The molecule has 0 atom stereocenters. The van der Waals surface area contributed by atoms with E-state index in [1.165, 1.54) is 6.42 Å². The molecule has 1 aliphatic heterocycles. The fourth-order valence-corrected chi connectivity index (χ4v) is 1.43. The Balaban J connectivity index is 0.000000175. The zero-order valence-electron chi connectivity index (χ0n) is 7.70. The maximum atomic E-state index is 10.4. The van der Waals surface area contributed by atoms with Crippen molar-refractivity contribution >= 4 is 5.97 Å². The minimum Gasteiger partial charge on any atom is -0.481 e. The average Bonchev–Trinajstić information content (AvgIpc) is 2.03. The molecule has 4 nitrogen and oxygen atoms in total. The summed E-state index contributed by atoms with van der Waals surface area (Å²) in [4.78, 5) is 18.8. The van der Waals surface area contributed by atoms with Gasteiger partial charge in [-0.2, -0.15) is 0 Å². The summed E-state index contributed by atoms with van der Waals surface area (Å²) >= 11 is 0. The second-order valence-corrected chi connectivity index (χ2v) is 3.32. The molecule has 1 aliphatic carbocycles. The Hall–Kier alpha value is -0.610. The summed E-state index contributed by atoms with van der Waals surface area (Å²) in [6.07, 6.45) is 5.24. The third kappa shape index (κ3) is 4.24. The number of aliphatic carboxylic acids is 1. The Morgan fingerprint density at radius 3 is 1.77 bits per heavy atom. The lowest BCUT2D eigenvalue weighted by Gasteiger charge is -2.16. The van der Waals surface area contributed by atoms with E-state index in [4.69, 9.17) is 5.11 Å². The molecule has 1 saturated carbocycles. The summed E-state index contributed by atoms with van der Waals surface area (Å²) in [5.74, 6) is -0.631. The summed E-state index contributed by atoms with van der Waals surface area (Å²) in [6.45, 7) is 1.56. The van der Waals surface area contributed by atoms with E-state index >= 15 is 0 Å². The van der Waals surface area contributed by atoms with E-state index in [0.717, 1.165) is 38.9 Å². The van der Waals surface area contributed by atoms with Gasteiger partial charge in [0.2, 0.25) is 0 Å². The fourth-order valence-electron chi connectivity index (χ4n) is 1.43. The molecule has 1 heterocycles. The molecule has 1 N–H and O–H groups in total. The number of rotatable bonds is 1. The Bertz CT molecular complexity index is 144. The van der Waals surface area contributed by atoms with Crippen LogP contribution >= 0.6 is 0 Å². The standard InChI is InChI=1S/C7H12O2.C2H4O2/c8-7(9)6-4-2-1-3-5-6;1-2-4-3-1/h6H,1-5H2,(H,8,9);1-2H2. The molecule has 1 saturated heterocycles. The summed E-state index contributed by atoms with van der Waals surface area (Å²) in [5, 5.41) is 8.54. The second kappa shape index (κ2) is 5.94. The lowest BCUT2D eigenvalue weighted by Crippen LogP contribution is -2.16. The van der Waals surface area contributed by atoms with E-state index in [2.05, 4.69) is 9.78 Å². The predicted octanol–water partition coefficient (Wildman–Crippen LogP) is 1.60. The van der Waals surface area contributed by atoms with Crippen molar-refractivity contribution in [3.8, 4) is 0 Å². The maximum Gasteiger partial charge on any atom is 0.306 e. The first kappa shape index (κ1) is 10.5. The molecule has 76 valence electrons. The van der Waals surface area contributed by atoms with Gasteiger partial charge in [0, 0.05) is 0 Å². The van der Waals surface area contributed by atoms with Crippen molar-refractivity contribution < 1.29 is 19.7 Å². The zero-order chi connectivity index (χ0) is 9.52. The van der Waals surface area contributed by atoms with Crippen LogP contribution in [0, 0.1) is 5.92 Å². The number of carbonyl (C=O) groups is 1. The molecular formula is C9H16O4. The largest absolute Gasteiger partial charge is 0.481 e. The highest BCUT2D eigenvalue weighted by Gasteiger charge is 2.19. The third-order valence-corrected chi connectivity index (χ3v) is 2.29. The fraction of sp³-hybridized carbons (Fsp3) is 0.889. The summed E-state index contributed by atoms with van der Waals surface area (Å²) in [6, 6.07) is 0. The van der Waals surface area contributed by atoms with Crippen LogP contribution in [-0.4, -0.2) is 24.3 Å². The van der Waals surface area contributed by atoms with Gasteiger partial charge < -0.3 is 5.11 Å². The van der Waals surface area contributed by atoms with Gasteiger partial charge in [0.05, 0.1) is 5.92 Å². The van der Waals surface area contributed by atoms with Gasteiger partial charge in [-0.1, -0.05) is 19.3 Å². The number of hydrogen-bond acceptors (Lipinski definition) is 3. The van der Waals surface area contributed by atoms with E-state index in [1.54, 1.807) is 0 Å².